The lowest BCUT2D eigenvalue weighted by Crippen LogP contribution is -2.34. The molecule has 1 amide bonds. The van der Waals surface area contributed by atoms with Gasteiger partial charge in [0.05, 0.1) is 5.69 Å². The van der Waals surface area contributed by atoms with Crippen molar-refractivity contribution in [3.05, 3.63) is 23.0 Å². The Bertz CT molecular complexity index is 592. The molecule has 0 saturated carbocycles. The van der Waals surface area contributed by atoms with E-state index < -0.39 is 20.7 Å². The average molecular weight is 310 g/mol. The lowest BCUT2D eigenvalue weighted by atomic mass is 10.3. The minimum atomic E-state index is -4.07. The van der Waals surface area contributed by atoms with E-state index in [-0.39, 0.29) is 29.7 Å². The van der Waals surface area contributed by atoms with Gasteiger partial charge in [0, 0.05) is 25.0 Å². The van der Waals surface area contributed by atoms with Crippen LogP contribution in [0.4, 0.5) is 10.1 Å². The van der Waals surface area contributed by atoms with Crippen LogP contribution in [0.1, 0.15) is 6.92 Å². The SMILES string of the molecule is CC(=O)NCCNS(=O)(=O)c1cc(Cl)cc(N)c1F. The first kappa shape index (κ1) is 15.7. The fraction of sp³-hybridized carbons (Fsp3) is 0.300. The zero-order chi connectivity index (χ0) is 14.6. The van der Waals surface area contributed by atoms with Crippen molar-refractivity contribution in [1.29, 1.82) is 0 Å². The number of carbonyl (C=O) groups excluding carboxylic acids is 1. The first-order chi connectivity index (χ1) is 8.74. The van der Waals surface area contributed by atoms with Crippen molar-refractivity contribution < 1.29 is 17.6 Å². The van der Waals surface area contributed by atoms with Gasteiger partial charge < -0.3 is 11.1 Å². The summed E-state index contributed by atoms with van der Waals surface area (Å²) in [6.07, 6.45) is 0. The van der Waals surface area contributed by atoms with Crippen LogP contribution in [0.3, 0.4) is 0 Å². The highest BCUT2D eigenvalue weighted by Gasteiger charge is 2.21. The van der Waals surface area contributed by atoms with E-state index in [4.69, 9.17) is 17.3 Å². The number of hydrogen-bond donors (Lipinski definition) is 3. The van der Waals surface area contributed by atoms with Crippen molar-refractivity contribution in [2.45, 2.75) is 11.8 Å². The largest absolute Gasteiger partial charge is 0.396 e. The second-order valence-corrected chi connectivity index (χ2v) is 5.86. The van der Waals surface area contributed by atoms with Crippen LogP contribution in [0.2, 0.25) is 5.02 Å². The highest BCUT2D eigenvalue weighted by atomic mass is 35.5. The van der Waals surface area contributed by atoms with E-state index in [1.165, 1.54) is 6.92 Å². The van der Waals surface area contributed by atoms with Crippen LogP contribution in [0.25, 0.3) is 0 Å². The molecule has 9 heteroatoms. The first-order valence-electron chi connectivity index (χ1n) is 5.22. The Morgan fingerprint density at radius 1 is 1.42 bits per heavy atom. The Morgan fingerprint density at radius 3 is 2.63 bits per heavy atom. The zero-order valence-corrected chi connectivity index (χ0v) is 11.6. The molecule has 4 N–H and O–H groups in total. The number of benzene rings is 1. The minimum Gasteiger partial charge on any atom is -0.396 e. The second kappa shape index (κ2) is 6.18. The number of amides is 1. The maximum atomic E-state index is 13.6. The molecular formula is C10H13ClFN3O3S. The summed E-state index contributed by atoms with van der Waals surface area (Å²) in [5, 5.41) is 2.41. The van der Waals surface area contributed by atoms with E-state index in [0.717, 1.165) is 12.1 Å². The molecule has 0 fully saturated rings. The summed E-state index contributed by atoms with van der Waals surface area (Å²) in [5.74, 6) is -1.35. The number of sulfonamides is 1. The Balaban J connectivity index is 2.86. The van der Waals surface area contributed by atoms with Gasteiger partial charge in [-0.15, -0.1) is 0 Å². The van der Waals surface area contributed by atoms with E-state index in [1.54, 1.807) is 0 Å². The molecular weight excluding hydrogens is 297 g/mol. The third-order valence-electron chi connectivity index (χ3n) is 2.11. The molecule has 1 aromatic carbocycles. The quantitative estimate of drug-likeness (QED) is 0.544. The fourth-order valence-corrected chi connectivity index (χ4v) is 2.74. The number of anilines is 1. The second-order valence-electron chi connectivity index (χ2n) is 3.69. The molecule has 0 aliphatic heterocycles. The number of rotatable bonds is 5. The molecule has 0 aromatic heterocycles. The Kier molecular flexibility index (Phi) is 5.10. The van der Waals surface area contributed by atoms with Gasteiger partial charge in [-0.25, -0.2) is 17.5 Å². The van der Waals surface area contributed by atoms with Crippen molar-refractivity contribution in [2.75, 3.05) is 18.8 Å². The predicted molar refractivity (Wildman–Crippen MR) is 69.7 cm³/mol. The van der Waals surface area contributed by atoms with Gasteiger partial charge in [0.1, 0.15) is 4.90 Å². The summed E-state index contributed by atoms with van der Waals surface area (Å²) in [5.41, 5.74) is 4.95. The van der Waals surface area contributed by atoms with Crippen LogP contribution < -0.4 is 15.8 Å². The van der Waals surface area contributed by atoms with E-state index in [2.05, 4.69) is 10.0 Å². The topological polar surface area (TPSA) is 101 Å². The van der Waals surface area contributed by atoms with Crippen molar-refractivity contribution in [3.8, 4) is 0 Å². The third kappa shape index (κ3) is 4.34. The van der Waals surface area contributed by atoms with Gasteiger partial charge in [0.25, 0.3) is 0 Å². The van der Waals surface area contributed by atoms with Crippen LogP contribution in [0.5, 0.6) is 0 Å². The van der Waals surface area contributed by atoms with Crippen molar-refractivity contribution in [3.63, 3.8) is 0 Å². The number of hydrogen-bond acceptors (Lipinski definition) is 4. The summed E-state index contributed by atoms with van der Waals surface area (Å²) in [6.45, 7) is 1.31. The molecule has 0 saturated heterocycles. The average Bonchev–Trinajstić information content (AvgIpc) is 2.29. The predicted octanol–water partition coefficient (Wildman–Crippen LogP) is 0.476. The smallest absolute Gasteiger partial charge is 0.243 e. The first-order valence-corrected chi connectivity index (χ1v) is 7.09. The fourth-order valence-electron chi connectivity index (χ4n) is 1.28. The van der Waals surface area contributed by atoms with Gasteiger partial charge in [-0.1, -0.05) is 11.6 Å². The molecule has 0 bridgehead atoms. The summed E-state index contributed by atoms with van der Waals surface area (Å²) in [4.78, 5) is 9.97. The van der Waals surface area contributed by atoms with Crippen LogP contribution in [-0.4, -0.2) is 27.4 Å². The number of carbonyl (C=O) groups is 1. The van der Waals surface area contributed by atoms with E-state index in [0.29, 0.717) is 0 Å². The number of nitrogens with two attached hydrogens (primary N) is 1. The van der Waals surface area contributed by atoms with Crippen molar-refractivity contribution >= 4 is 33.2 Å². The molecule has 6 nitrogen and oxygen atoms in total. The number of nitrogen functional groups attached to an aromatic ring is 1. The standard InChI is InChI=1S/C10H13ClFN3O3S/c1-6(16)14-2-3-15-19(17,18)9-5-7(11)4-8(13)10(9)12/h4-5,15H,2-3,13H2,1H3,(H,14,16). The molecule has 1 aromatic rings. The monoisotopic (exact) mass is 309 g/mol. The van der Waals surface area contributed by atoms with Gasteiger partial charge in [-0.2, -0.15) is 0 Å². The van der Waals surface area contributed by atoms with Gasteiger partial charge in [0.2, 0.25) is 15.9 Å². The third-order valence-corrected chi connectivity index (χ3v) is 3.79. The van der Waals surface area contributed by atoms with Crippen molar-refractivity contribution in [2.24, 2.45) is 0 Å². The molecule has 0 spiro atoms. The Morgan fingerprint density at radius 2 is 2.05 bits per heavy atom. The summed E-state index contributed by atoms with van der Waals surface area (Å²) in [7, 11) is -4.07. The van der Waals surface area contributed by atoms with Gasteiger partial charge >= 0.3 is 0 Å². The molecule has 0 heterocycles. The Hall–Kier alpha value is -1.38. The van der Waals surface area contributed by atoms with E-state index in [1.807, 2.05) is 0 Å². The van der Waals surface area contributed by atoms with E-state index >= 15 is 0 Å². The van der Waals surface area contributed by atoms with Crippen LogP contribution >= 0.6 is 11.6 Å². The highest BCUT2D eigenvalue weighted by Crippen LogP contribution is 2.24. The highest BCUT2D eigenvalue weighted by molar-refractivity contribution is 7.89. The van der Waals surface area contributed by atoms with Gasteiger partial charge in [-0.3, -0.25) is 4.79 Å². The summed E-state index contributed by atoms with van der Waals surface area (Å²) >= 11 is 5.64. The number of halogens is 2. The lowest BCUT2D eigenvalue weighted by molar-refractivity contribution is -0.118. The Labute approximate surface area is 115 Å². The summed E-state index contributed by atoms with van der Waals surface area (Å²) < 4.78 is 39.4. The lowest BCUT2D eigenvalue weighted by Gasteiger charge is -2.09. The normalized spacial score (nSPS) is 11.3. The zero-order valence-electron chi connectivity index (χ0n) is 10.0. The van der Waals surface area contributed by atoms with Gasteiger partial charge in [-0.05, 0) is 12.1 Å². The summed E-state index contributed by atoms with van der Waals surface area (Å²) in [6, 6.07) is 2.08. The molecule has 0 atom stereocenters. The molecule has 0 aliphatic rings. The minimum absolute atomic E-state index is 0.0149. The molecule has 0 aliphatic carbocycles. The molecule has 19 heavy (non-hydrogen) atoms. The van der Waals surface area contributed by atoms with Gasteiger partial charge in [0.15, 0.2) is 5.82 Å². The molecule has 0 unspecified atom stereocenters. The molecule has 1 rings (SSSR count). The van der Waals surface area contributed by atoms with Crippen LogP contribution in [0.15, 0.2) is 17.0 Å². The van der Waals surface area contributed by atoms with Crippen LogP contribution in [0, 0.1) is 5.82 Å². The maximum absolute atomic E-state index is 13.6. The number of nitrogens with one attached hydrogen (secondary N) is 2. The van der Waals surface area contributed by atoms with Crippen LogP contribution in [-0.2, 0) is 14.8 Å². The molecule has 106 valence electrons. The van der Waals surface area contributed by atoms with E-state index in [9.17, 15) is 17.6 Å². The maximum Gasteiger partial charge on any atom is 0.243 e. The molecule has 0 radical (unpaired) electrons. The van der Waals surface area contributed by atoms with Crippen molar-refractivity contribution in [1.82, 2.24) is 10.0 Å².